The number of rotatable bonds is 7. The number of amides is 7. The van der Waals surface area contributed by atoms with Gasteiger partial charge in [-0.25, -0.2) is 17.5 Å². The predicted molar refractivity (Wildman–Crippen MR) is 98.3 cm³/mol. The molecule has 0 aliphatic carbocycles. The van der Waals surface area contributed by atoms with Crippen molar-refractivity contribution in [2.45, 2.75) is 25.4 Å². The Labute approximate surface area is 205 Å². The van der Waals surface area contributed by atoms with E-state index in [9.17, 15) is 41.7 Å². The van der Waals surface area contributed by atoms with E-state index >= 15 is 0 Å². The van der Waals surface area contributed by atoms with Crippen LogP contribution in [0.5, 0.6) is 0 Å². The van der Waals surface area contributed by atoms with Crippen LogP contribution in [0.15, 0.2) is 0 Å². The van der Waals surface area contributed by atoms with Crippen molar-refractivity contribution in [2.24, 2.45) is 0 Å². The van der Waals surface area contributed by atoms with Crippen molar-refractivity contribution in [3.63, 3.8) is 0 Å². The van der Waals surface area contributed by atoms with Crippen molar-refractivity contribution in [2.75, 3.05) is 33.2 Å². The number of nitrogens with zero attached hydrogens (tertiary/aromatic N) is 3. The molecule has 0 radical (unpaired) electrons. The van der Waals surface area contributed by atoms with Crippen molar-refractivity contribution in [3.8, 4) is 0 Å². The van der Waals surface area contributed by atoms with Crippen LogP contribution in [0.25, 0.3) is 0 Å². The van der Waals surface area contributed by atoms with Gasteiger partial charge in [0, 0.05) is 26.7 Å². The number of urea groups is 1. The Balaban J connectivity index is 0.00000512. The molecule has 7 amide bonds. The van der Waals surface area contributed by atoms with Crippen LogP contribution in [0, 0.1) is 0 Å². The smallest absolute Gasteiger partial charge is 0.731 e. The van der Waals surface area contributed by atoms with Gasteiger partial charge in [-0.15, -0.1) is 0 Å². The maximum atomic E-state index is 12.5. The molecule has 2 heterocycles. The first kappa shape index (κ1) is 27.8. The zero-order valence-electron chi connectivity index (χ0n) is 17.6. The van der Waals surface area contributed by atoms with E-state index in [4.69, 9.17) is 0 Å². The van der Waals surface area contributed by atoms with Crippen molar-refractivity contribution >= 4 is 45.9 Å². The second-order valence-electron chi connectivity index (χ2n) is 6.61. The number of carbonyl (C=O) groups is 6. The number of imide groups is 1. The third-order valence-corrected chi connectivity index (χ3v) is 5.57. The molecule has 2 aliphatic rings. The molecule has 15 nitrogen and oxygen atoms in total. The number of hydrogen-bond acceptors (Lipinski definition) is 9. The molecule has 0 aromatic heterocycles. The molecule has 32 heavy (non-hydrogen) atoms. The summed E-state index contributed by atoms with van der Waals surface area (Å²) in [5, 5.41) is 6.54. The molecule has 2 fully saturated rings. The Bertz CT molecular complexity index is 926. The average molecular weight is 484 g/mol. The first-order valence-electron chi connectivity index (χ1n) is 9.10. The van der Waals surface area contributed by atoms with Gasteiger partial charge < -0.3 is 25.4 Å². The third kappa shape index (κ3) is 6.16. The van der Waals surface area contributed by atoms with E-state index in [1.54, 1.807) is 6.92 Å². The maximum absolute atomic E-state index is 12.5. The van der Waals surface area contributed by atoms with Gasteiger partial charge in [0.1, 0.15) is 12.1 Å². The molecule has 0 aromatic rings. The fraction of sp³-hybridized carbons (Fsp3) is 0.600. The van der Waals surface area contributed by atoms with Crippen LogP contribution in [-0.2, 0) is 34.3 Å². The molecule has 2 atom stereocenters. The molecule has 172 valence electrons. The third-order valence-electron chi connectivity index (χ3n) is 4.70. The van der Waals surface area contributed by atoms with Crippen LogP contribution >= 0.6 is 0 Å². The molecule has 0 bridgehead atoms. The molecular weight excluding hydrogens is 463 g/mol. The van der Waals surface area contributed by atoms with Gasteiger partial charge in [0.05, 0.1) is 13.0 Å². The van der Waals surface area contributed by atoms with Crippen LogP contribution in [0.2, 0.25) is 0 Å². The standard InChI is InChI=1S/C15H22N6O9S.Na/c1-3-19-4-5-20(14(26)13(19)25)15(27)18-8(6-10(22)16-2)11(23)17-9-7-21(12(9)24)31(28,29)30;/h8-9H,3-7H2,1-2H3,(H,16,22)(H,17,23)(H,18,27)(H,28,29,30);/q;+1/p-1. The number of carbonyl (C=O) groups excluding carboxylic acids is 6. The molecule has 2 aliphatic heterocycles. The second-order valence-corrected chi connectivity index (χ2v) is 7.91. The average Bonchev–Trinajstić information content (AvgIpc) is 2.70. The molecule has 2 unspecified atom stereocenters. The Morgan fingerprint density at radius 2 is 1.78 bits per heavy atom. The summed E-state index contributed by atoms with van der Waals surface area (Å²) in [5.41, 5.74) is 0. The molecule has 0 spiro atoms. The van der Waals surface area contributed by atoms with Crippen LogP contribution in [0.1, 0.15) is 13.3 Å². The van der Waals surface area contributed by atoms with Crippen molar-refractivity contribution < 1.29 is 71.3 Å². The zero-order valence-corrected chi connectivity index (χ0v) is 20.4. The minimum absolute atomic E-state index is 0. The SMILES string of the molecule is CCN1CCN(C(=O)NC(CC(=O)NC)C(=O)NC2CN(S(=O)(=O)[O-])C2=O)C(=O)C1=O.[Na+]. The number of β-lactam (4-membered cyclic amide) rings is 1. The van der Waals surface area contributed by atoms with E-state index in [1.165, 1.54) is 11.9 Å². The van der Waals surface area contributed by atoms with E-state index in [2.05, 4.69) is 16.0 Å². The van der Waals surface area contributed by atoms with Crippen LogP contribution in [0.3, 0.4) is 0 Å². The molecule has 2 saturated heterocycles. The van der Waals surface area contributed by atoms with E-state index in [1.807, 2.05) is 0 Å². The quantitative estimate of drug-likeness (QED) is 0.136. The number of hydrogen-bond donors (Lipinski definition) is 3. The maximum Gasteiger partial charge on any atom is 1.00 e. The van der Waals surface area contributed by atoms with E-state index in [0.29, 0.717) is 4.90 Å². The van der Waals surface area contributed by atoms with Crippen molar-refractivity contribution in [3.05, 3.63) is 0 Å². The topological polar surface area (TPSA) is 205 Å². The summed E-state index contributed by atoms with van der Waals surface area (Å²) in [6.07, 6.45) is -0.574. The summed E-state index contributed by atoms with van der Waals surface area (Å²) >= 11 is 0. The summed E-state index contributed by atoms with van der Waals surface area (Å²) in [5.74, 6) is -4.85. The monoisotopic (exact) mass is 484 g/mol. The minimum atomic E-state index is -5.01. The summed E-state index contributed by atoms with van der Waals surface area (Å²) in [4.78, 5) is 74.3. The summed E-state index contributed by atoms with van der Waals surface area (Å²) in [6, 6.07) is -3.98. The van der Waals surface area contributed by atoms with Crippen LogP contribution in [-0.4, -0.2) is 108 Å². The van der Waals surface area contributed by atoms with Crippen LogP contribution in [0.4, 0.5) is 4.79 Å². The van der Waals surface area contributed by atoms with Gasteiger partial charge in [0.15, 0.2) is 10.3 Å². The Hall–Kier alpha value is -2.27. The Kier molecular flexibility index (Phi) is 9.58. The molecule has 3 N–H and O–H groups in total. The number of nitrogens with one attached hydrogen (secondary N) is 3. The molecular formula is C15H21N6NaO9S. The molecule has 17 heteroatoms. The van der Waals surface area contributed by atoms with E-state index < -0.39 is 70.9 Å². The van der Waals surface area contributed by atoms with Gasteiger partial charge >= 0.3 is 47.4 Å². The fourth-order valence-corrected chi connectivity index (χ4v) is 3.55. The van der Waals surface area contributed by atoms with Gasteiger partial charge in [-0.3, -0.25) is 28.9 Å². The summed E-state index contributed by atoms with van der Waals surface area (Å²) < 4.78 is 32.6. The van der Waals surface area contributed by atoms with Gasteiger partial charge in [-0.05, 0) is 6.92 Å². The van der Waals surface area contributed by atoms with Crippen molar-refractivity contribution in [1.29, 1.82) is 0 Å². The van der Waals surface area contributed by atoms with Gasteiger partial charge in [0.25, 0.3) is 5.91 Å². The van der Waals surface area contributed by atoms with Gasteiger partial charge in [-0.1, -0.05) is 0 Å². The van der Waals surface area contributed by atoms with Gasteiger partial charge in [0.2, 0.25) is 11.8 Å². The summed E-state index contributed by atoms with van der Waals surface area (Å²) in [7, 11) is -3.73. The predicted octanol–water partition coefficient (Wildman–Crippen LogP) is -7.32. The minimum Gasteiger partial charge on any atom is -0.731 e. The molecule has 2 rings (SSSR count). The fourth-order valence-electron chi connectivity index (χ4n) is 2.87. The zero-order chi connectivity index (χ0) is 23.5. The van der Waals surface area contributed by atoms with E-state index in [0.717, 1.165) is 0 Å². The number of likely N-dealkylation sites (N-methyl/N-ethyl adjacent to an activating group) is 1. The second kappa shape index (κ2) is 11.0. The Morgan fingerprint density at radius 1 is 1.16 bits per heavy atom. The number of piperazine rings is 1. The van der Waals surface area contributed by atoms with Gasteiger partial charge in [-0.2, -0.15) is 0 Å². The normalized spacial score (nSPS) is 19.5. The van der Waals surface area contributed by atoms with Crippen LogP contribution < -0.4 is 45.5 Å². The summed E-state index contributed by atoms with van der Waals surface area (Å²) in [6.45, 7) is 1.30. The first-order valence-corrected chi connectivity index (χ1v) is 10.5. The molecule has 0 saturated carbocycles. The van der Waals surface area contributed by atoms with E-state index in [-0.39, 0.29) is 53.5 Å². The Morgan fingerprint density at radius 3 is 2.28 bits per heavy atom. The first-order chi connectivity index (χ1) is 14.4. The molecule has 0 aromatic carbocycles. The largest absolute Gasteiger partial charge is 1.00 e. The van der Waals surface area contributed by atoms with Crippen molar-refractivity contribution in [1.82, 2.24) is 30.1 Å².